The van der Waals surface area contributed by atoms with E-state index in [0.29, 0.717) is 0 Å². The van der Waals surface area contributed by atoms with Crippen LogP contribution in [-0.2, 0) is 0 Å². The summed E-state index contributed by atoms with van der Waals surface area (Å²) < 4.78 is 0. The van der Waals surface area contributed by atoms with E-state index in [9.17, 15) is 0 Å². The van der Waals surface area contributed by atoms with E-state index in [1.165, 1.54) is 0 Å². The van der Waals surface area contributed by atoms with Crippen LogP contribution in [-0.4, -0.2) is 6.04 Å². The maximum absolute atomic E-state index is 6.44. The van der Waals surface area contributed by atoms with Crippen LogP contribution in [0.3, 0.4) is 0 Å². The van der Waals surface area contributed by atoms with Crippen LogP contribution in [0.4, 0.5) is 0 Å². The predicted molar refractivity (Wildman–Crippen MR) is 63.1 cm³/mol. The third-order valence-corrected chi connectivity index (χ3v) is 6.34. The molecule has 1 rings (SSSR count). The topological polar surface area (TPSA) is 26.0 Å². The molecule has 2 N–H and O–H groups in total. The lowest BCUT2D eigenvalue weighted by atomic mass is 9.57. The molecule has 0 aromatic heterocycles. The lowest BCUT2D eigenvalue weighted by molar-refractivity contribution is 0.0135. The van der Waals surface area contributed by atoms with Crippen molar-refractivity contribution in [2.45, 2.75) is 61.4 Å². The zero-order valence-corrected chi connectivity index (χ0v) is 11.2. The molecule has 84 valence electrons. The highest BCUT2D eigenvalue weighted by molar-refractivity contribution is 5.17. The molecule has 0 saturated heterocycles. The maximum atomic E-state index is 6.44. The van der Waals surface area contributed by atoms with E-state index in [2.05, 4.69) is 55.4 Å². The second-order valence-corrected chi connectivity index (χ2v) is 7.17. The average Bonchev–Trinajstić information content (AvgIpc) is 2.05. The van der Waals surface area contributed by atoms with E-state index >= 15 is 0 Å². The monoisotopic (exact) mass is 197 g/mol. The first-order valence-corrected chi connectivity index (χ1v) is 5.66. The summed E-state index contributed by atoms with van der Waals surface area (Å²) in [7, 11) is 0. The van der Waals surface area contributed by atoms with Gasteiger partial charge in [0.25, 0.3) is 0 Å². The van der Waals surface area contributed by atoms with Crippen LogP contribution in [0.25, 0.3) is 0 Å². The van der Waals surface area contributed by atoms with Crippen LogP contribution >= 0.6 is 0 Å². The first-order valence-electron chi connectivity index (χ1n) is 5.66. The predicted octanol–water partition coefficient (Wildman–Crippen LogP) is 3.43. The fourth-order valence-electron chi connectivity index (χ4n) is 3.29. The van der Waals surface area contributed by atoms with Gasteiger partial charge >= 0.3 is 0 Å². The standard InChI is InChI=1S/C13H27N/c1-10(2)9(14)11(3,4)13(7,8)12(10,5)6/h9H,14H2,1-8H3. The SMILES string of the molecule is CC1(C)C(N)C(C)(C)C(C)(C)C1(C)C. The second kappa shape index (κ2) is 2.55. The molecule has 0 amide bonds. The second-order valence-electron chi connectivity index (χ2n) is 7.17. The van der Waals surface area contributed by atoms with Crippen LogP contribution in [0.15, 0.2) is 0 Å². The van der Waals surface area contributed by atoms with Crippen molar-refractivity contribution in [2.24, 2.45) is 27.4 Å². The molecule has 0 radical (unpaired) electrons. The van der Waals surface area contributed by atoms with Gasteiger partial charge in [0.2, 0.25) is 0 Å². The Labute approximate surface area is 89.5 Å². The van der Waals surface area contributed by atoms with Gasteiger partial charge < -0.3 is 5.73 Å². The molecule has 0 aliphatic heterocycles. The quantitative estimate of drug-likeness (QED) is 0.632. The molecule has 1 aliphatic rings. The Bertz CT molecular complexity index is 220. The molecule has 0 unspecified atom stereocenters. The Morgan fingerprint density at radius 1 is 0.643 bits per heavy atom. The average molecular weight is 197 g/mol. The Hall–Kier alpha value is -0.0400. The Kier molecular flexibility index (Phi) is 2.19. The van der Waals surface area contributed by atoms with Crippen molar-refractivity contribution in [3.8, 4) is 0 Å². The molecular weight excluding hydrogens is 170 g/mol. The van der Waals surface area contributed by atoms with Crippen molar-refractivity contribution in [1.29, 1.82) is 0 Å². The Balaban J connectivity index is 3.38. The molecule has 0 heterocycles. The summed E-state index contributed by atoms with van der Waals surface area (Å²) in [5.41, 5.74) is 7.36. The van der Waals surface area contributed by atoms with Gasteiger partial charge in [-0.25, -0.2) is 0 Å². The highest BCUT2D eigenvalue weighted by atomic mass is 14.8. The fraction of sp³-hybridized carbons (Fsp3) is 1.00. The summed E-state index contributed by atoms with van der Waals surface area (Å²) in [4.78, 5) is 0. The summed E-state index contributed by atoms with van der Waals surface area (Å²) in [5.74, 6) is 0. The first-order chi connectivity index (χ1) is 5.90. The largest absolute Gasteiger partial charge is 0.327 e. The van der Waals surface area contributed by atoms with E-state index in [-0.39, 0.29) is 27.7 Å². The normalized spacial score (nSPS) is 33.2. The summed E-state index contributed by atoms with van der Waals surface area (Å²) >= 11 is 0. The summed E-state index contributed by atoms with van der Waals surface area (Å²) in [6.07, 6.45) is 0. The van der Waals surface area contributed by atoms with Gasteiger partial charge in [0.05, 0.1) is 0 Å². The smallest absolute Gasteiger partial charge is 0.0152 e. The minimum absolute atomic E-state index is 0.194. The zero-order valence-electron chi connectivity index (χ0n) is 11.2. The van der Waals surface area contributed by atoms with Crippen molar-refractivity contribution < 1.29 is 0 Å². The Morgan fingerprint density at radius 3 is 0.929 bits per heavy atom. The lowest BCUT2D eigenvalue weighted by Crippen LogP contribution is -2.44. The van der Waals surface area contributed by atoms with Gasteiger partial charge in [-0.1, -0.05) is 55.4 Å². The highest BCUT2D eigenvalue weighted by Crippen LogP contribution is 2.69. The maximum Gasteiger partial charge on any atom is 0.0152 e. The number of rotatable bonds is 0. The molecule has 1 fully saturated rings. The van der Waals surface area contributed by atoms with E-state index in [4.69, 9.17) is 5.73 Å². The molecule has 0 aromatic rings. The van der Waals surface area contributed by atoms with Gasteiger partial charge in [0.15, 0.2) is 0 Å². The van der Waals surface area contributed by atoms with Crippen molar-refractivity contribution in [1.82, 2.24) is 0 Å². The van der Waals surface area contributed by atoms with E-state index < -0.39 is 0 Å². The van der Waals surface area contributed by atoms with Gasteiger partial charge in [0, 0.05) is 6.04 Å². The van der Waals surface area contributed by atoms with E-state index in [0.717, 1.165) is 0 Å². The molecule has 0 aromatic carbocycles. The van der Waals surface area contributed by atoms with Crippen molar-refractivity contribution in [2.75, 3.05) is 0 Å². The van der Waals surface area contributed by atoms with E-state index in [1.54, 1.807) is 0 Å². The van der Waals surface area contributed by atoms with Gasteiger partial charge in [-0.15, -0.1) is 0 Å². The van der Waals surface area contributed by atoms with Crippen molar-refractivity contribution in [3.63, 3.8) is 0 Å². The summed E-state index contributed by atoms with van der Waals surface area (Å²) in [6.45, 7) is 18.7. The van der Waals surface area contributed by atoms with Crippen LogP contribution in [0.1, 0.15) is 55.4 Å². The third kappa shape index (κ3) is 0.946. The fourth-order valence-corrected chi connectivity index (χ4v) is 3.29. The van der Waals surface area contributed by atoms with Gasteiger partial charge in [-0.3, -0.25) is 0 Å². The first kappa shape index (κ1) is 12.0. The van der Waals surface area contributed by atoms with Gasteiger partial charge in [0.1, 0.15) is 0 Å². The van der Waals surface area contributed by atoms with Crippen LogP contribution in [0.5, 0.6) is 0 Å². The molecule has 14 heavy (non-hydrogen) atoms. The molecular formula is C13H27N. The molecule has 1 heteroatoms. The third-order valence-electron chi connectivity index (χ3n) is 6.34. The lowest BCUT2D eigenvalue weighted by Gasteiger charge is -2.47. The van der Waals surface area contributed by atoms with Crippen LogP contribution in [0, 0.1) is 21.7 Å². The van der Waals surface area contributed by atoms with E-state index in [1.807, 2.05) is 0 Å². The molecule has 0 bridgehead atoms. The summed E-state index contributed by atoms with van der Waals surface area (Å²) in [6, 6.07) is 0.264. The number of hydrogen-bond acceptors (Lipinski definition) is 1. The van der Waals surface area contributed by atoms with Gasteiger partial charge in [-0.2, -0.15) is 0 Å². The van der Waals surface area contributed by atoms with Gasteiger partial charge in [-0.05, 0) is 21.7 Å². The highest BCUT2D eigenvalue weighted by Gasteiger charge is 2.66. The molecule has 0 spiro atoms. The zero-order chi connectivity index (χ0) is 11.6. The van der Waals surface area contributed by atoms with Crippen LogP contribution < -0.4 is 5.73 Å². The van der Waals surface area contributed by atoms with Crippen LogP contribution in [0.2, 0.25) is 0 Å². The summed E-state index contributed by atoms with van der Waals surface area (Å²) in [5, 5.41) is 0. The minimum Gasteiger partial charge on any atom is -0.327 e. The molecule has 1 aliphatic carbocycles. The molecule has 1 nitrogen and oxygen atoms in total. The number of hydrogen-bond donors (Lipinski definition) is 1. The Morgan fingerprint density at radius 2 is 0.857 bits per heavy atom. The van der Waals surface area contributed by atoms with Crippen molar-refractivity contribution >= 4 is 0 Å². The number of nitrogens with two attached hydrogens (primary N) is 1. The molecule has 0 atom stereocenters. The molecule has 1 saturated carbocycles. The minimum atomic E-state index is 0.194. The van der Waals surface area contributed by atoms with Crippen molar-refractivity contribution in [3.05, 3.63) is 0 Å².